The second kappa shape index (κ2) is 8.79. The van der Waals surface area contributed by atoms with Crippen molar-refractivity contribution in [1.29, 1.82) is 0 Å². The predicted octanol–water partition coefficient (Wildman–Crippen LogP) is 1.80. The molecule has 0 aliphatic heterocycles. The van der Waals surface area contributed by atoms with Crippen molar-refractivity contribution < 1.29 is 4.74 Å². The van der Waals surface area contributed by atoms with E-state index in [0.29, 0.717) is 5.95 Å². The fourth-order valence-electron chi connectivity index (χ4n) is 1.47. The van der Waals surface area contributed by atoms with Gasteiger partial charge in [-0.2, -0.15) is 26.7 Å². The SMILES string of the molecule is COc1nc(N)nc(NCCCCCCSC)n1. The molecule has 1 aromatic heterocycles. The lowest BCUT2D eigenvalue weighted by atomic mass is 10.2. The summed E-state index contributed by atoms with van der Waals surface area (Å²) >= 11 is 1.90. The fraction of sp³-hybridized carbons (Fsp3) is 0.727. The average Bonchev–Trinajstić information content (AvgIpc) is 2.37. The molecule has 1 heterocycles. The van der Waals surface area contributed by atoms with Crippen LogP contribution in [-0.2, 0) is 0 Å². The number of thioether (sulfide) groups is 1. The summed E-state index contributed by atoms with van der Waals surface area (Å²) in [6.45, 7) is 0.839. The van der Waals surface area contributed by atoms with Gasteiger partial charge in [-0.1, -0.05) is 12.8 Å². The molecule has 0 fully saturated rings. The molecule has 0 amide bonds. The minimum absolute atomic E-state index is 0.171. The number of nitrogens with zero attached hydrogens (tertiary/aromatic N) is 3. The first-order chi connectivity index (χ1) is 8.76. The van der Waals surface area contributed by atoms with Crippen LogP contribution in [0.5, 0.6) is 6.01 Å². The van der Waals surface area contributed by atoms with Crippen molar-refractivity contribution >= 4 is 23.7 Å². The van der Waals surface area contributed by atoms with Gasteiger partial charge in [-0.3, -0.25) is 0 Å². The molecule has 1 rings (SSSR count). The van der Waals surface area contributed by atoms with Gasteiger partial charge in [-0.15, -0.1) is 0 Å². The number of rotatable bonds is 9. The summed E-state index contributed by atoms with van der Waals surface area (Å²) in [5.74, 6) is 1.89. The Morgan fingerprint density at radius 1 is 1.17 bits per heavy atom. The first-order valence-electron chi connectivity index (χ1n) is 6.04. The minimum atomic E-state index is 0.171. The van der Waals surface area contributed by atoms with Crippen molar-refractivity contribution in [2.24, 2.45) is 0 Å². The van der Waals surface area contributed by atoms with Crippen LogP contribution >= 0.6 is 11.8 Å². The van der Waals surface area contributed by atoms with E-state index >= 15 is 0 Å². The number of aromatic nitrogens is 3. The van der Waals surface area contributed by atoms with Gasteiger partial charge in [0, 0.05) is 6.54 Å². The van der Waals surface area contributed by atoms with E-state index in [2.05, 4.69) is 26.5 Å². The molecular weight excluding hydrogens is 250 g/mol. The molecule has 18 heavy (non-hydrogen) atoms. The Labute approximate surface area is 112 Å². The molecule has 6 nitrogen and oxygen atoms in total. The highest BCUT2D eigenvalue weighted by Crippen LogP contribution is 2.09. The van der Waals surface area contributed by atoms with E-state index < -0.39 is 0 Å². The van der Waals surface area contributed by atoms with Crippen LogP contribution in [0.1, 0.15) is 25.7 Å². The van der Waals surface area contributed by atoms with Crippen LogP contribution in [0.2, 0.25) is 0 Å². The number of ether oxygens (including phenoxy) is 1. The Bertz CT molecular complexity index is 350. The van der Waals surface area contributed by atoms with Crippen molar-refractivity contribution in [1.82, 2.24) is 15.0 Å². The third-order valence-corrected chi connectivity index (χ3v) is 3.07. The van der Waals surface area contributed by atoms with Gasteiger partial charge in [0.25, 0.3) is 0 Å². The zero-order valence-electron chi connectivity index (χ0n) is 11.0. The standard InChI is InChI=1S/C11H21N5OS/c1-17-11-15-9(12)14-10(16-11)13-7-5-3-4-6-8-18-2/h3-8H2,1-2H3,(H3,12,13,14,15,16). The topological polar surface area (TPSA) is 86.0 Å². The van der Waals surface area contributed by atoms with E-state index in [0.717, 1.165) is 13.0 Å². The molecule has 0 bridgehead atoms. The number of unbranched alkanes of at least 4 members (excludes halogenated alkanes) is 3. The Morgan fingerprint density at radius 2 is 1.94 bits per heavy atom. The van der Waals surface area contributed by atoms with Gasteiger partial charge in [-0.25, -0.2) is 0 Å². The molecule has 0 atom stereocenters. The largest absolute Gasteiger partial charge is 0.467 e. The smallest absolute Gasteiger partial charge is 0.322 e. The number of hydrogen-bond acceptors (Lipinski definition) is 7. The number of hydrogen-bond donors (Lipinski definition) is 2. The number of nitrogen functional groups attached to an aromatic ring is 1. The Balaban J connectivity index is 2.20. The minimum Gasteiger partial charge on any atom is -0.467 e. The van der Waals surface area contributed by atoms with Crippen molar-refractivity contribution in [3.05, 3.63) is 0 Å². The van der Waals surface area contributed by atoms with E-state index in [1.165, 1.54) is 32.1 Å². The van der Waals surface area contributed by atoms with Crippen LogP contribution in [-0.4, -0.2) is 40.6 Å². The molecule has 0 saturated carbocycles. The molecule has 0 spiro atoms. The van der Waals surface area contributed by atoms with Crippen molar-refractivity contribution in [3.63, 3.8) is 0 Å². The summed E-state index contributed by atoms with van der Waals surface area (Å²) < 4.78 is 4.92. The van der Waals surface area contributed by atoms with Gasteiger partial charge < -0.3 is 15.8 Å². The molecule has 0 radical (unpaired) electrons. The van der Waals surface area contributed by atoms with Crippen LogP contribution in [0.25, 0.3) is 0 Å². The van der Waals surface area contributed by atoms with Crippen LogP contribution in [0.3, 0.4) is 0 Å². The first kappa shape index (κ1) is 14.8. The maximum absolute atomic E-state index is 5.54. The third-order valence-electron chi connectivity index (χ3n) is 2.37. The molecule has 3 N–H and O–H groups in total. The van der Waals surface area contributed by atoms with Gasteiger partial charge >= 0.3 is 6.01 Å². The lowest BCUT2D eigenvalue weighted by Gasteiger charge is -2.06. The summed E-state index contributed by atoms with van der Waals surface area (Å²) in [6.07, 6.45) is 7.01. The number of nitrogens with two attached hydrogens (primary N) is 1. The maximum Gasteiger partial charge on any atom is 0.322 e. The highest BCUT2D eigenvalue weighted by Gasteiger charge is 2.03. The fourth-order valence-corrected chi connectivity index (χ4v) is 1.96. The second-order valence-electron chi connectivity index (χ2n) is 3.84. The lowest BCUT2D eigenvalue weighted by molar-refractivity contribution is 0.379. The van der Waals surface area contributed by atoms with Gasteiger partial charge in [0.1, 0.15) is 0 Å². The first-order valence-corrected chi connectivity index (χ1v) is 7.44. The summed E-state index contributed by atoms with van der Waals surface area (Å²) in [5.41, 5.74) is 5.54. The van der Waals surface area contributed by atoms with Crippen molar-refractivity contribution in [3.8, 4) is 6.01 Å². The molecule has 0 unspecified atom stereocenters. The molecule has 7 heteroatoms. The number of anilines is 2. The van der Waals surface area contributed by atoms with E-state index in [9.17, 15) is 0 Å². The highest BCUT2D eigenvalue weighted by molar-refractivity contribution is 7.98. The maximum atomic E-state index is 5.54. The molecule has 1 aromatic rings. The molecular formula is C11H21N5OS. The van der Waals surface area contributed by atoms with E-state index in [4.69, 9.17) is 10.5 Å². The third kappa shape index (κ3) is 5.90. The predicted molar refractivity (Wildman–Crippen MR) is 76.1 cm³/mol. The van der Waals surface area contributed by atoms with E-state index in [-0.39, 0.29) is 12.0 Å². The Hall–Kier alpha value is -1.24. The Morgan fingerprint density at radius 3 is 2.67 bits per heavy atom. The normalized spacial score (nSPS) is 10.3. The molecule has 0 aromatic carbocycles. The Kier molecular flexibility index (Phi) is 7.24. The summed E-state index contributed by atoms with van der Waals surface area (Å²) in [6, 6.07) is 0.241. The lowest BCUT2D eigenvalue weighted by Crippen LogP contribution is -2.09. The molecule has 102 valence electrons. The highest BCUT2D eigenvalue weighted by atomic mass is 32.2. The van der Waals surface area contributed by atoms with E-state index in [1.807, 2.05) is 11.8 Å². The quantitative estimate of drug-likeness (QED) is 0.662. The number of nitrogens with one attached hydrogen (secondary N) is 1. The average molecular weight is 271 g/mol. The zero-order chi connectivity index (χ0) is 13.2. The molecule has 0 saturated heterocycles. The molecule has 0 aliphatic rings. The van der Waals surface area contributed by atoms with Crippen LogP contribution in [0.4, 0.5) is 11.9 Å². The van der Waals surface area contributed by atoms with Crippen molar-refractivity contribution in [2.75, 3.05) is 36.7 Å². The van der Waals surface area contributed by atoms with Crippen molar-refractivity contribution in [2.45, 2.75) is 25.7 Å². The summed E-state index contributed by atoms with van der Waals surface area (Å²) in [7, 11) is 1.50. The van der Waals surface area contributed by atoms with Crippen LogP contribution < -0.4 is 15.8 Å². The van der Waals surface area contributed by atoms with Gasteiger partial charge in [0.15, 0.2) is 0 Å². The van der Waals surface area contributed by atoms with Crippen LogP contribution in [0, 0.1) is 0 Å². The van der Waals surface area contributed by atoms with Gasteiger partial charge in [0.2, 0.25) is 11.9 Å². The van der Waals surface area contributed by atoms with Gasteiger partial charge in [-0.05, 0) is 24.9 Å². The van der Waals surface area contributed by atoms with Crippen LogP contribution in [0.15, 0.2) is 0 Å². The zero-order valence-corrected chi connectivity index (χ0v) is 11.8. The molecule has 0 aliphatic carbocycles. The van der Waals surface area contributed by atoms with Gasteiger partial charge in [0.05, 0.1) is 7.11 Å². The monoisotopic (exact) mass is 271 g/mol. The number of methoxy groups -OCH3 is 1. The summed E-state index contributed by atoms with van der Waals surface area (Å²) in [5, 5.41) is 3.12. The van der Waals surface area contributed by atoms with E-state index in [1.54, 1.807) is 0 Å². The second-order valence-corrected chi connectivity index (χ2v) is 4.82. The summed E-state index contributed by atoms with van der Waals surface area (Å²) in [4.78, 5) is 11.9.